The maximum absolute atomic E-state index is 11.7. The van der Waals surface area contributed by atoms with Crippen LogP contribution in [-0.2, 0) is 18.4 Å². The van der Waals surface area contributed by atoms with Gasteiger partial charge in [0.05, 0.1) is 12.3 Å². The number of aromatic nitrogens is 3. The van der Waals surface area contributed by atoms with Gasteiger partial charge in [0, 0.05) is 16.4 Å². The maximum Gasteiger partial charge on any atom is 0.230 e. The molecule has 5 nitrogen and oxygen atoms in total. The van der Waals surface area contributed by atoms with Gasteiger partial charge in [-0.25, -0.2) is 4.98 Å². The first-order chi connectivity index (χ1) is 9.13. The molecule has 1 aromatic carbocycles. The van der Waals surface area contributed by atoms with Crippen molar-refractivity contribution < 1.29 is 4.79 Å². The van der Waals surface area contributed by atoms with E-state index in [1.54, 1.807) is 18.1 Å². The minimum absolute atomic E-state index is 0.0274. The summed E-state index contributed by atoms with van der Waals surface area (Å²) in [4.78, 5) is 16.8. The van der Waals surface area contributed by atoms with Crippen LogP contribution in [0.2, 0.25) is 0 Å². The van der Waals surface area contributed by atoms with E-state index in [9.17, 15) is 4.79 Å². The van der Waals surface area contributed by atoms with E-state index in [2.05, 4.69) is 31.3 Å². The summed E-state index contributed by atoms with van der Waals surface area (Å²) < 4.78 is 2.64. The van der Waals surface area contributed by atoms with Gasteiger partial charge in [0.15, 0.2) is 5.82 Å². The summed E-state index contributed by atoms with van der Waals surface area (Å²) in [5.74, 6) is 0.971. The van der Waals surface area contributed by atoms with Crippen LogP contribution in [0.1, 0.15) is 5.82 Å². The first kappa shape index (κ1) is 14.1. The highest BCUT2D eigenvalue weighted by molar-refractivity contribution is 9.10. The molecule has 1 aromatic heterocycles. The van der Waals surface area contributed by atoms with E-state index in [-0.39, 0.29) is 5.91 Å². The number of thioether (sulfide) groups is 1. The van der Waals surface area contributed by atoms with Gasteiger partial charge in [0.25, 0.3) is 0 Å². The van der Waals surface area contributed by atoms with Crippen LogP contribution in [0.15, 0.2) is 40.0 Å². The molecule has 2 aromatic rings. The molecule has 19 heavy (non-hydrogen) atoms. The number of nitrogens with one attached hydrogen (secondary N) is 1. The Kier molecular flexibility index (Phi) is 4.98. The fraction of sp³-hybridized carbons (Fsp3) is 0.250. The monoisotopic (exact) mass is 340 g/mol. The number of nitrogens with zero attached hydrogens (tertiary/aromatic N) is 3. The minimum Gasteiger partial charge on any atom is -0.348 e. The fourth-order valence-corrected chi connectivity index (χ4v) is 2.37. The van der Waals surface area contributed by atoms with Gasteiger partial charge >= 0.3 is 0 Å². The predicted octanol–water partition coefficient (Wildman–Crippen LogP) is 1.99. The minimum atomic E-state index is -0.0274. The molecule has 1 amide bonds. The number of hydrogen-bond donors (Lipinski definition) is 1. The van der Waals surface area contributed by atoms with Crippen molar-refractivity contribution in [1.29, 1.82) is 0 Å². The zero-order valence-corrected chi connectivity index (χ0v) is 12.7. The molecule has 0 aliphatic carbocycles. The molecule has 0 atom stereocenters. The van der Waals surface area contributed by atoms with Crippen LogP contribution in [-0.4, -0.2) is 26.4 Å². The molecular weight excluding hydrogens is 328 g/mol. The summed E-state index contributed by atoms with van der Waals surface area (Å²) in [7, 11) is 1.79. The Hall–Kier alpha value is -1.34. The third-order valence-corrected chi connectivity index (χ3v) is 3.81. The summed E-state index contributed by atoms with van der Waals surface area (Å²) in [5.41, 5.74) is 0. The molecule has 0 fully saturated rings. The van der Waals surface area contributed by atoms with E-state index in [4.69, 9.17) is 0 Å². The summed E-state index contributed by atoms with van der Waals surface area (Å²) in [6.07, 6.45) is 1.61. The average Bonchev–Trinajstić information content (AvgIpc) is 2.81. The molecule has 1 heterocycles. The number of halogens is 1. The Morgan fingerprint density at radius 1 is 1.42 bits per heavy atom. The third-order valence-electron chi connectivity index (χ3n) is 2.27. The van der Waals surface area contributed by atoms with Crippen LogP contribution in [0.25, 0.3) is 0 Å². The highest BCUT2D eigenvalue weighted by atomic mass is 79.9. The zero-order chi connectivity index (χ0) is 13.7. The summed E-state index contributed by atoms with van der Waals surface area (Å²) in [5, 5.41) is 6.88. The first-order valence-corrected chi connectivity index (χ1v) is 7.41. The molecule has 0 unspecified atom stereocenters. The summed E-state index contributed by atoms with van der Waals surface area (Å²) in [6, 6.07) is 7.86. The van der Waals surface area contributed by atoms with Crippen molar-refractivity contribution in [3.8, 4) is 0 Å². The molecule has 1 N–H and O–H groups in total. The van der Waals surface area contributed by atoms with E-state index in [0.29, 0.717) is 18.1 Å². The summed E-state index contributed by atoms with van der Waals surface area (Å²) >= 11 is 4.87. The van der Waals surface area contributed by atoms with Gasteiger partial charge in [-0.15, -0.1) is 11.8 Å². The van der Waals surface area contributed by atoms with Crippen molar-refractivity contribution in [2.45, 2.75) is 11.4 Å². The number of rotatable bonds is 5. The van der Waals surface area contributed by atoms with Crippen LogP contribution >= 0.6 is 27.7 Å². The second kappa shape index (κ2) is 6.72. The number of carbonyl (C=O) groups excluding carboxylic acids is 1. The molecule has 0 saturated heterocycles. The van der Waals surface area contributed by atoms with Crippen molar-refractivity contribution in [2.75, 3.05) is 5.75 Å². The Morgan fingerprint density at radius 2 is 2.16 bits per heavy atom. The van der Waals surface area contributed by atoms with Gasteiger partial charge in [-0.05, 0) is 24.3 Å². The highest BCUT2D eigenvalue weighted by Crippen LogP contribution is 2.20. The lowest BCUT2D eigenvalue weighted by molar-refractivity contribution is -0.118. The second-order valence-electron chi connectivity index (χ2n) is 3.85. The second-order valence-corrected chi connectivity index (χ2v) is 5.82. The van der Waals surface area contributed by atoms with Crippen LogP contribution in [0.3, 0.4) is 0 Å². The number of amides is 1. The normalized spacial score (nSPS) is 10.4. The smallest absolute Gasteiger partial charge is 0.230 e. The Labute approximate surface area is 123 Å². The molecule has 0 bridgehead atoms. The Morgan fingerprint density at radius 3 is 2.79 bits per heavy atom. The van der Waals surface area contributed by atoms with E-state index in [1.807, 2.05) is 24.3 Å². The van der Waals surface area contributed by atoms with Crippen molar-refractivity contribution >= 4 is 33.6 Å². The van der Waals surface area contributed by atoms with E-state index < -0.39 is 0 Å². The van der Waals surface area contributed by atoms with E-state index in [0.717, 1.165) is 9.37 Å². The SMILES string of the molecule is Cn1cnc(CNC(=O)CSc2ccc(Br)cc2)n1. The molecule has 0 spiro atoms. The van der Waals surface area contributed by atoms with Crippen LogP contribution in [0.5, 0.6) is 0 Å². The largest absolute Gasteiger partial charge is 0.348 e. The first-order valence-electron chi connectivity index (χ1n) is 5.63. The van der Waals surface area contributed by atoms with E-state index >= 15 is 0 Å². The number of benzene rings is 1. The molecule has 0 aliphatic rings. The van der Waals surface area contributed by atoms with E-state index in [1.165, 1.54) is 11.8 Å². The number of aryl methyl sites for hydroxylation is 1. The molecule has 100 valence electrons. The molecular formula is C12H13BrN4OS. The number of hydrogen-bond acceptors (Lipinski definition) is 4. The standard InChI is InChI=1S/C12H13BrN4OS/c1-17-8-15-11(16-17)6-14-12(18)7-19-10-4-2-9(13)3-5-10/h2-5,8H,6-7H2,1H3,(H,14,18). The Balaban J connectivity index is 1.74. The number of carbonyl (C=O) groups is 1. The maximum atomic E-state index is 11.7. The predicted molar refractivity (Wildman–Crippen MR) is 77.7 cm³/mol. The molecule has 0 radical (unpaired) electrons. The van der Waals surface area contributed by atoms with Crippen molar-refractivity contribution in [3.05, 3.63) is 40.9 Å². The van der Waals surface area contributed by atoms with Gasteiger partial charge < -0.3 is 5.32 Å². The van der Waals surface area contributed by atoms with Gasteiger partial charge in [-0.1, -0.05) is 15.9 Å². The lowest BCUT2D eigenvalue weighted by Gasteiger charge is -2.03. The van der Waals surface area contributed by atoms with Gasteiger partial charge in [-0.2, -0.15) is 5.10 Å². The third kappa shape index (κ3) is 4.68. The molecule has 0 aliphatic heterocycles. The van der Waals surface area contributed by atoms with Crippen LogP contribution in [0.4, 0.5) is 0 Å². The molecule has 7 heteroatoms. The zero-order valence-electron chi connectivity index (χ0n) is 10.3. The summed E-state index contributed by atoms with van der Waals surface area (Å²) in [6.45, 7) is 0.362. The topological polar surface area (TPSA) is 59.8 Å². The lowest BCUT2D eigenvalue weighted by atomic mass is 10.4. The van der Waals surface area contributed by atoms with Crippen molar-refractivity contribution in [3.63, 3.8) is 0 Å². The highest BCUT2D eigenvalue weighted by Gasteiger charge is 2.05. The van der Waals surface area contributed by atoms with Crippen LogP contribution < -0.4 is 5.32 Å². The van der Waals surface area contributed by atoms with Gasteiger partial charge in [0.2, 0.25) is 5.91 Å². The molecule has 2 rings (SSSR count). The average molecular weight is 341 g/mol. The Bertz CT molecular complexity index is 555. The lowest BCUT2D eigenvalue weighted by Crippen LogP contribution is -2.25. The van der Waals surface area contributed by atoms with Gasteiger partial charge in [-0.3, -0.25) is 9.48 Å². The fourth-order valence-electron chi connectivity index (χ4n) is 1.37. The molecule has 0 saturated carbocycles. The van der Waals surface area contributed by atoms with Crippen molar-refractivity contribution in [2.24, 2.45) is 7.05 Å². The van der Waals surface area contributed by atoms with Crippen molar-refractivity contribution in [1.82, 2.24) is 20.1 Å². The quantitative estimate of drug-likeness (QED) is 0.845. The van der Waals surface area contributed by atoms with Crippen LogP contribution in [0, 0.1) is 0 Å². The van der Waals surface area contributed by atoms with Gasteiger partial charge in [0.1, 0.15) is 6.33 Å².